The van der Waals surface area contributed by atoms with E-state index in [0.717, 1.165) is 32.1 Å². The summed E-state index contributed by atoms with van der Waals surface area (Å²) >= 11 is 1.90. The highest BCUT2D eigenvalue weighted by atomic mass is 127. The van der Waals surface area contributed by atoms with Gasteiger partial charge in [0.15, 0.2) is 5.96 Å². The molecule has 1 unspecified atom stereocenters. The third kappa shape index (κ3) is 5.96. The minimum atomic E-state index is 0. The molecule has 2 aromatic rings. The fourth-order valence-corrected chi connectivity index (χ4v) is 4.01. The van der Waals surface area contributed by atoms with E-state index in [0.29, 0.717) is 12.6 Å². The standard InChI is InChI=1S/C20H28N4S.HI/c1-3-21-20(23-14-17-7-5-4-6-8-17)22-13-16(2)24-11-9-19-18(15-24)10-12-25-19;/h4-8,10,12,16H,3,9,11,13-15H2,1-2H3,(H2,21,22,23);1H. The van der Waals surface area contributed by atoms with Gasteiger partial charge in [-0.05, 0) is 42.8 Å². The molecule has 0 spiro atoms. The van der Waals surface area contributed by atoms with Crippen LogP contribution in [0.15, 0.2) is 46.8 Å². The molecule has 2 heterocycles. The Hall–Kier alpha value is -1.12. The van der Waals surface area contributed by atoms with E-state index in [-0.39, 0.29) is 24.0 Å². The van der Waals surface area contributed by atoms with Gasteiger partial charge in [0.1, 0.15) is 0 Å². The van der Waals surface area contributed by atoms with Gasteiger partial charge < -0.3 is 10.6 Å². The maximum Gasteiger partial charge on any atom is 0.191 e. The molecule has 3 rings (SSSR count). The monoisotopic (exact) mass is 484 g/mol. The number of nitrogens with one attached hydrogen (secondary N) is 2. The fraction of sp³-hybridized carbons (Fsp3) is 0.450. The van der Waals surface area contributed by atoms with Gasteiger partial charge in [0.25, 0.3) is 0 Å². The Kier molecular flexibility index (Phi) is 8.87. The summed E-state index contributed by atoms with van der Waals surface area (Å²) in [6.07, 6.45) is 1.18. The quantitative estimate of drug-likeness (QED) is 0.372. The van der Waals surface area contributed by atoms with Crippen LogP contribution < -0.4 is 10.6 Å². The van der Waals surface area contributed by atoms with E-state index in [9.17, 15) is 0 Å². The molecule has 0 radical (unpaired) electrons. The number of fused-ring (bicyclic) bond motifs is 1. The van der Waals surface area contributed by atoms with Crippen LogP contribution in [0.2, 0.25) is 0 Å². The second-order valence-corrected chi connectivity index (χ2v) is 7.50. The van der Waals surface area contributed by atoms with Crippen molar-refractivity contribution < 1.29 is 0 Å². The van der Waals surface area contributed by atoms with Crippen molar-refractivity contribution in [2.75, 3.05) is 19.6 Å². The van der Waals surface area contributed by atoms with E-state index in [1.54, 1.807) is 4.88 Å². The molecule has 1 atom stereocenters. The summed E-state index contributed by atoms with van der Waals surface area (Å²) < 4.78 is 0. The van der Waals surface area contributed by atoms with Crippen molar-refractivity contribution in [1.29, 1.82) is 0 Å². The van der Waals surface area contributed by atoms with Crippen LogP contribution in [-0.2, 0) is 19.5 Å². The molecule has 2 N–H and O–H groups in total. The number of guanidine groups is 1. The zero-order valence-electron chi connectivity index (χ0n) is 15.6. The van der Waals surface area contributed by atoms with Crippen molar-refractivity contribution in [3.05, 3.63) is 57.8 Å². The lowest BCUT2D eigenvalue weighted by Crippen LogP contribution is -2.47. The number of rotatable bonds is 6. The molecule has 0 bridgehead atoms. The Morgan fingerprint density at radius 3 is 2.81 bits per heavy atom. The molecule has 1 aliphatic rings. The zero-order chi connectivity index (χ0) is 17.5. The van der Waals surface area contributed by atoms with Crippen molar-refractivity contribution in [3.63, 3.8) is 0 Å². The van der Waals surface area contributed by atoms with Gasteiger partial charge in [-0.15, -0.1) is 35.3 Å². The lowest BCUT2D eigenvalue weighted by molar-refractivity contribution is 0.192. The van der Waals surface area contributed by atoms with Crippen LogP contribution in [0.3, 0.4) is 0 Å². The lowest BCUT2D eigenvalue weighted by Gasteiger charge is -2.32. The van der Waals surface area contributed by atoms with Crippen molar-refractivity contribution in [2.24, 2.45) is 4.99 Å². The molecular formula is C20H29IN4S. The van der Waals surface area contributed by atoms with E-state index in [2.05, 4.69) is 65.1 Å². The maximum absolute atomic E-state index is 4.71. The molecule has 0 saturated carbocycles. The molecule has 1 aromatic heterocycles. The van der Waals surface area contributed by atoms with Gasteiger partial charge in [-0.1, -0.05) is 30.3 Å². The summed E-state index contributed by atoms with van der Waals surface area (Å²) in [6.45, 7) is 9.09. The largest absolute Gasteiger partial charge is 0.357 e. The topological polar surface area (TPSA) is 39.7 Å². The fourth-order valence-electron chi connectivity index (χ4n) is 3.12. The maximum atomic E-state index is 4.71. The Bertz CT molecular complexity index is 686. The number of hydrogen-bond acceptors (Lipinski definition) is 3. The molecule has 0 saturated heterocycles. The normalized spacial score (nSPS) is 15.7. The second-order valence-electron chi connectivity index (χ2n) is 6.50. The van der Waals surface area contributed by atoms with Crippen LogP contribution in [0, 0.1) is 0 Å². The first-order chi connectivity index (χ1) is 12.3. The van der Waals surface area contributed by atoms with Gasteiger partial charge in [0, 0.05) is 37.1 Å². The molecule has 0 aliphatic carbocycles. The van der Waals surface area contributed by atoms with Crippen LogP contribution >= 0.6 is 35.3 Å². The summed E-state index contributed by atoms with van der Waals surface area (Å²) in [5, 5.41) is 9.07. The third-order valence-electron chi connectivity index (χ3n) is 4.63. The average Bonchev–Trinajstić information content (AvgIpc) is 3.12. The third-order valence-corrected chi connectivity index (χ3v) is 5.66. The highest BCUT2D eigenvalue weighted by molar-refractivity contribution is 14.0. The molecule has 26 heavy (non-hydrogen) atoms. The Labute approximate surface area is 178 Å². The van der Waals surface area contributed by atoms with Crippen LogP contribution in [-0.4, -0.2) is 36.5 Å². The van der Waals surface area contributed by atoms with E-state index in [1.807, 2.05) is 17.4 Å². The predicted octanol–water partition coefficient (Wildman–Crippen LogP) is 3.87. The smallest absolute Gasteiger partial charge is 0.191 e. The molecule has 0 amide bonds. The van der Waals surface area contributed by atoms with E-state index >= 15 is 0 Å². The molecule has 0 fully saturated rings. The van der Waals surface area contributed by atoms with E-state index in [4.69, 9.17) is 4.99 Å². The minimum absolute atomic E-state index is 0. The van der Waals surface area contributed by atoms with Gasteiger partial charge in [0.05, 0.1) is 6.54 Å². The van der Waals surface area contributed by atoms with Gasteiger partial charge in [-0.2, -0.15) is 0 Å². The number of thiophene rings is 1. The molecule has 4 nitrogen and oxygen atoms in total. The minimum Gasteiger partial charge on any atom is -0.357 e. The lowest BCUT2D eigenvalue weighted by atomic mass is 10.1. The summed E-state index contributed by atoms with van der Waals surface area (Å²) in [7, 11) is 0. The first kappa shape index (κ1) is 21.2. The number of benzene rings is 1. The van der Waals surface area contributed by atoms with Gasteiger partial charge >= 0.3 is 0 Å². The van der Waals surface area contributed by atoms with Crippen molar-refractivity contribution in [2.45, 2.75) is 39.4 Å². The van der Waals surface area contributed by atoms with Gasteiger partial charge in [0.2, 0.25) is 0 Å². The van der Waals surface area contributed by atoms with Gasteiger partial charge in [-0.3, -0.25) is 4.90 Å². The van der Waals surface area contributed by atoms with E-state index in [1.165, 1.54) is 17.5 Å². The predicted molar refractivity (Wildman–Crippen MR) is 123 cm³/mol. The van der Waals surface area contributed by atoms with Crippen LogP contribution in [0.1, 0.15) is 29.9 Å². The zero-order valence-corrected chi connectivity index (χ0v) is 18.7. The first-order valence-corrected chi connectivity index (χ1v) is 9.99. The Morgan fingerprint density at radius 2 is 2.04 bits per heavy atom. The summed E-state index contributed by atoms with van der Waals surface area (Å²) in [5.74, 6) is 0.895. The SMILES string of the molecule is CCNC(=NCc1ccccc1)NCC(C)N1CCc2sccc2C1.I. The number of halogens is 1. The highest BCUT2D eigenvalue weighted by Gasteiger charge is 2.21. The van der Waals surface area contributed by atoms with Crippen LogP contribution in [0.4, 0.5) is 0 Å². The number of hydrogen-bond donors (Lipinski definition) is 2. The Morgan fingerprint density at radius 1 is 1.23 bits per heavy atom. The highest BCUT2D eigenvalue weighted by Crippen LogP contribution is 2.24. The van der Waals surface area contributed by atoms with Crippen molar-refractivity contribution >= 4 is 41.3 Å². The molecular weight excluding hydrogens is 455 g/mol. The van der Waals surface area contributed by atoms with Crippen LogP contribution in [0.25, 0.3) is 0 Å². The molecule has 6 heteroatoms. The molecule has 1 aromatic carbocycles. The summed E-state index contributed by atoms with van der Waals surface area (Å²) in [6, 6.07) is 13.1. The first-order valence-electron chi connectivity index (χ1n) is 9.11. The number of nitrogens with zero attached hydrogens (tertiary/aromatic N) is 2. The molecule has 142 valence electrons. The second kappa shape index (κ2) is 10.9. The molecule has 1 aliphatic heterocycles. The van der Waals surface area contributed by atoms with Crippen LogP contribution in [0.5, 0.6) is 0 Å². The summed E-state index contributed by atoms with van der Waals surface area (Å²) in [4.78, 5) is 8.83. The Balaban J connectivity index is 0.00000243. The van der Waals surface area contributed by atoms with Gasteiger partial charge in [-0.25, -0.2) is 4.99 Å². The summed E-state index contributed by atoms with van der Waals surface area (Å²) in [5.41, 5.74) is 2.74. The number of aliphatic imine (C=N–C) groups is 1. The average molecular weight is 484 g/mol. The van der Waals surface area contributed by atoms with E-state index < -0.39 is 0 Å². The van der Waals surface area contributed by atoms with Crippen molar-refractivity contribution in [1.82, 2.24) is 15.5 Å². The van der Waals surface area contributed by atoms with Crippen molar-refractivity contribution in [3.8, 4) is 0 Å².